The van der Waals surface area contributed by atoms with E-state index in [1.807, 2.05) is 6.07 Å². The van der Waals surface area contributed by atoms with Crippen molar-refractivity contribution < 1.29 is 9.53 Å². The van der Waals surface area contributed by atoms with Crippen molar-refractivity contribution in [3.63, 3.8) is 0 Å². The maximum atomic E-state index is 12.1. The van der Waals surface area contributed by atoms with Crippen LogP contribution in [-0.4, -0.2) is 42.6 Å². The highest BCUT2D eigenvalue weighted by Crippen LogP contribution is 2.25. The molecule has 0 radical (unpaired) electrons. The number of nitrogens with zero attached hydrogens (tertiary/aromatic N) is 2. The molecule has 1 N–H and O–H groups in total. The Labute approximate surface area is 160 Å². The van der Waals surface area contributed by atoms with E-state index in [9.17, 15) is 4.79 Å². The molecule has 1 heterocycles. The molecule has 0 bridgehead atoms. The lowest BCUT2D eigenvalue weighted by Gasteiger charge is -2.33. The average molecular weight is 376 g/mol. The van der Waals surface area contributed by atoms with E-state index in [0.29, 0.717) is 34.9 Å². The average Bonchev–Trinajstić information content (AvgIpc) is 3.14. The van der Waals surface area contributed by atoms with E-state index in [1.54, 1.807) is 18.2 Å². The van der Waals surface area contributed by atoms with Crippen LogP contribution in [0.4, 0.5) is 5.69 Å². The minimum atomic E-state index is -0.0323. The fourth-order valence-electron chi connectivity index (χ4n) is 3.73. The number of anilines is 1. The first-order valence-electron chi connectivity index (χ1n) is 9.51. The van der Waals surface area contributed by atoms with Gasteiger partial charge in [0.15, 0.2) is 0 Å². The Bertz CT molecular complexity index is 660. The number of halogens is 1. The largest absolute Gasteiger partial charge is 0.375 e. The van der Waals surface area contributed by atoms with Crippen molar-refractivity contribution in [2.75, 3.05) is 25.0 Å². The van der Waals surface area contributed by atoms with Crippen LogP contribution in [0.25, 0.3) is 0 Å². The van der Waals surface area contributed by atoms with Gasteiger partial charge in [-0.25, -0.2) is 0 Å². The zero-order chi connectivity index (χ0) is 18.4. The maximum absolute atomic E-state index is 12.1. The van der Waals surface area contributed by atoms with Gasteiger partial charge in [0.1, 0.15) is 6.07 Å². The SMILES string of the molecule is N#Cc1ccc(NC(=O)CCN2CCC(OC3CCCC3)CC2)cc1Cl. The molecule has 0 atom stereocenters. The zero-order valence-corrected chi connectivity index (χ0v) is 15.8. The molecular formula is C20H26ClN3O2. The number of nitriles is 1. The molecule has 6 heteroatoms. The van der Waals surface area contributed by atoms with Crippen molar-refractivity contribution >= 4 is 23.2 Å². The number of hydrogen-bond acceptors (Lipinski definition) is 4. The van der Waals surface area contributed by atoms with E-state index >= 15 is 0 Å². The molecule has 1 aromatic carbocycles. The second-order valence-electron chi connectivity index (χ2n) is 7.19. The third kappa shape index (κ3) is 5.44. The predicted molar refractivity (Wildman–Crippen MR) is 102 cm³/mol. The summed E-state index contributed by atoms with van der Waals surface area (Å²) in [5.41, 5.74) is 1.04. The van der Waals surface area contributed by atoms with Gasteiger partial charge < -0.3 is 15.0 Å². The number of carbonyl (C=O) groups excluding carboxylic acids is 1. The molecule has 0 unspecified atom stereocenters. The van der Waals surface area contributed by atoms with Gasteiger partial charge in [-0.1, -0.05) is 24.4 Å². The fraction of sp³-hybridized carbons (Fsp3) is 0.600. The number of likely N-dealkylation sites (tertiary alicyclic amines) is 1. The second kappa shape index (κ2) is 9.36. The number of carbonyl (C=O) groups is 1. The molecule has 2 aliphatic rings. The summed E-state index contributed by atoms with van der Waals surface area (Å²) in [6.45, 7) is 2.74. The molecule has 2 fully saturated rings. The molecule has 1 aliphatic carbocycles. The molecule has 1 saturated heterocycles. The van der Waals surface area contributed by atoms with Crippen molar-refractivity contribution in [2.24, 2.45) is 0 Å². The van der Waals surface area contributed by atoms with Gasteiger partial charge in [0.2, 0.25) is 5.91 Å². The molecule has 140 valence electrons. The highest BCUT2D eigenvalue weighted by molar-refractivity contribution is 6.32. The number of rotatable bonds is 6. The Morgan fingerprint density at radius 3 is 2.58 bits per heavy atom. The Morgan fingerprint density at radius 1 is 1.23 bits per heavy atom. The summed E-state index contributed by atoms with van der Waals surface area (Å²) in [6, 6.07) is 6.94. The maximum Gasteiger partial charge on any atom is 0.225 e. The monoisotopic (exact) mass is 375 g/mol. The van der Waals surface area contributed by atoms with Crippen LogP contribution in [0.2, 0.25) is 5.02 Å². The molecule has 26 heavy (non-hydrogen) atoms. The topological polar surface area (TPSA) is 65.4 Å². The molecule has 1 amide bonds. The summed E-state index contributed by atoms with van der Waals surface area (Å²) < 4.78 is 6.19. The van der Waals surface area contributed by atoms with Gasteiger partial charge in [-0.2, -0.15) is 5.26 Å². The van der Waals surface area contributed by atoms with Gasteiger partial charge in [-0.15, -0.1) is 0 Å². The van der Waals surface area contributed by atoms with Crippen LogP contribution < -0.4 is 5.32 Å². The van der Waals surface area contributed by atoms with E-state index in [2.05, 4.69) is 10.2 Å². The highest BCUT2D eigenvalue weighted by atomic mass is 35.5. The van der Waals surface area contributed by atoms with Crippen LogP contribution in [0, 0.1) is 11.3 Å². The summed E-state index contributed by atoms with van der Waals surface area (Å²) in [6.07, 6.45) is 8.50. The third-order valence-electron chi connectivity index (χ3n) is 5.25. The third-order valence-corrected chi connectivity index (χ3v) is 5.56. The summed E-state index contributed by atoms with van der Waals surface area (Å²) in [5.74, 6) is -0.0323. The normalized spacial score (nSPS) is 19.4. The molecule has 1 aliphatic heterocycles. The number of piperidine rings is 1. The summed E-state index contributed by atoms with van der Waals surface area (Å²) in [7, 11) is 0. The number of hydrogen-bond donors (Lipinski definition) is 1. The summed E-state index contributed by atoms with van der Waals surface area (Å²) in [5, 5.41) is 12.1. The van der Waals surface area contributed by atoms with Crippen LogP contribution in [0.1, 0.15) is 50.5 Å². The van der Waals surface area contributed by atoms with Gasteiger partial charge in [0.25, 0.3) is 0 Å². The van der Waals surface area contributed by atoms with E-state index in [-0.39, 0.29) is 5.91 Å². The van der Waals surface area contributed by atoms with Crippen LogP contribution >= 0.6 is 11.6 Å². The summed E-state index contributed by atoms with van der Waals surface area (Å²) in [4.78, 5) is 14.5. The molecular weight excluding hydrogens is 350 g/mol. The van der Waals surface area contributed by atoms with Crippen LogP contribution in [0.5, 0.6) is 0 Å². The number of benzene rings is 1. The van der Waals surface area contributed by atoms with Crippen molar-refractivity contribution in [1.82, 2.24) is 4.90 Å². The van der Waals surface area contributed by atoms with E-state index in [1.165, 1.54) is 25.7 Å². The van der Waals surface area contributed by atoms with E-state index in [4.69, 9.17) is 21.6 Å². The van der Waals surface area contributed by atoms with Crippen molar-refractivity contribution in [3.05, 3.63) is 28.8 Å². The molecule has 5 nitrogen and oxygen atoms in total. The van der Waals surface area contributed by atoms with Crippen LogP contribution in [0.3, 0.4) is 0 Å². The number of nitrogens with one attached hydrogen (secondary N) is 1. The number of ether oxygens (including phenoxy) is 1. The minimum Gasteiger partial charge on any atom is -0.375 e. The first-order chi connectivity index (χ1) is 12.6. The molecule has 3 rings (SSSR count). The standard InChI is InChI=1S/C20H26ClN3O2/c21-19-13-16(6-5-15(19)14-22)23-20(25)9-12-24-10-7-18(8-11-24)26-17-3-1-2-4-17/h5-6,13,17-18H,1-4,7-12H2,(H,23,25). The molecule has 0 spiro atoms. The van der Waals surface area contributed by atoms with E-state index < -0.39 is 0 Å². The zero-order valence-electron chi connectivity index (χ0n) is 15.0. The van der Waals surface area contributed by atoms with Crippen molar-refractivity contribution in [3.8, 4) is 6.07 Å². The van der Waals surface area contributed by atoms with Gasteiger partial charge in [0.05, 0.1) is 22.8 Å². The smallest absolute Gasteiger partial charge is 0.225 e. The second-order valence-corrected chi connectivity index (χ2v) is 7.60. The molecule has 0 aromatic heterocycles. The van der Waals surface area contributed by atoms with Gasteiger partial charge >= 0.3 is 0 Å². The summed E-state index contributed by atoms with van der Waals surface area (Å²) >= 11 is 5.99. The Hall–Kier alpha value is -1.61. The van der Waals surface area contributed by atoms with Gasteiger partial charge in [-0.3, -0.25) is 4.79 Å². The Balaban J connectivity index is 1.36. The van der Waals surface area contributed by atoms with Crippen LogP contribution in [-0.2, 0) is 9.53 Å². The lowest BCUT2D eigenvalue weighted by Crippen LogP contribution is -2.39. The fourth-order valence-corrected chi connectivity index (χ4v) is 3.96. The lowest BCUT2D eigenvalue weighted by molar-refractivity contribution is -0.116. The lowest BCUT2D eigenvalue weighted by atomic mass is 10.1. The highest BCUT2D eigenvalue weighted by Gasteiger charge is 2.24. The van der Waals surface area contributed by atoms with Gasteiger partial charge in [0, 0.05) is 31.7 Å². The molecule has 1 saturated carbocycles. The van der Waals surface area contributed by atoms with Crippen molar-refractivity contribution in [2.45, 2.75) is 57.2 Å². The quantitative estimate of drug-likeness (QED) is 0.817. The first kappa shape index (κ1) is 19.2. The first-order valence-corrected chi connectivity index (χ1v) is 9.89. The Kier molecular flexibility index (Phi) is 6.90. The minimum absolute atomic E-state index is 0.0323. The Morgan fingerprint density at radius 2 is 1.92 bits per heavy atom. The van der Waals surface area contributed by atoms with Crippen molar-refractivity contribution in [1.29, 1.82) is 5.26 Å². The van der Waals surface area contributed by atoms with E-state index in [0.717, 1.165) is 32.5 Å². The number of amides is 1. The van der Waals surface area contributed by atoms with Crippen LogP contribution in [0.15, 0.2) is 18.2 Å². The predicted octanol–water partition coefficient (Wildman–Crippen LogP) is 3.96. The molecule has 1 aromatic rings. The van der Waals surface area contributed by atoms with Gasteiger partial charge in [-0.05, 0) is 43.9 Å².